The van der Waals surface area contributed by atoms with Crippen LogP contribution >= 0.6 is 12.4 Å². The van der Waals surface area contributed by atoms with Gasteiger partial charge >= 0.3 is 0 Å². The van der Waals surface area contributed by atoms with E-state index in [1.807, 2.05) is 42.6 Å². The van der Waals surface area contributed by atoms with Crippen LogP contribution in [-0.4, -0.2) is 16.6 Å². The van der Waals surface area contributed by atoms with Crippen LogP contribution < -0.4 is 10.5 Å². The zero-order valence-corrected chi connectivity index (χ0v) is 13.6. The minimum atomic E-state index is 0. The number of H-pyrrole nitrogens is 1. The summed E-state index contributed by atoms with van der Waals surface area (Å²) in [7, 11) is 0. The van der Waals surface area contributed by atoms with Crippen molar-refractivity contribution in [3.63, 3.8) is 0 Å². The molecule has 3 aromatic rings. The molecule has 0 aliphatic heterocycles. The highest BCUT2D eigenvalue weighted by Crippen LogP contribution is 2.24. The van der Waals surface area contributed by atoms with Crippen molar-refractivity contribution in [2.45, 2.75) is 19.6 Å². The number of ether oxygens (including phenoxy) is 1. The molecule has 0 aliphatic carbocycles. The fraction of sp³-hybridized carbons (Fsp3) is 0.222. The van der Waals surface area contributed by atoms with Crippen LogP contribution in [0.2, 0.25) is 0 Å². The van der Waals surface area contributed by atoms with E-state index in [4.69, 9.17) is 15.6 Å². The molecule has 0 amide bonds. The molecule has 2 aromatic carbocycles. The molecule has 23 heavy (non-hydrogen) atoms. The van der Waals surface area contributed by atoms with Gasteiger partial charge in [0.15, 0.2) is 0 Å². The van der Waals surface area contributed by atoms with E-state index in [9.17, 15) is 0 Å². The molecule has 0 spiro atoms. The van der Waals surface area contributed by atoms with Gasteiger partial charge in [-0.1, -0.05) is 24.3 Å². The number of nitrogens with one attached hydrogen (secondary N) is 1. The number of hydrogen-bond acceptors (Lipinski definition) is 3. The smallest absolute Gasteiger partial charge is 0.120 e. The Bertz CT molecular complexity index is 753. The molecular weight excluding hydrogens is 312 g/mol. The van der Waals surface area contributed by atoms with Crippen LogP contribution in [0.3, 0.4) is 0 Å². The first kappa shape index (κ1) is 17.3. The largest absolute Gasteiger partial charge is 0.489 e. The van der Waals surface area contributed by atoms with Crippen molar-refractivity contribution in [2.75, 3.05) is 6.54 Å². The van der Waals surface area contributed by atoms with Gasteiger partial charge in [0, 0.05) is 17.1 Å². The first-order chi connectivity index (χ1) is 10.8. The third kappa shape index (κ3) is 4.05. The highest BCUT2D eigenvalue weighted by molar-refractivity contribution is 5.85. The van der Waals surface area contributed by atoms with Crippen LogP contribution in [0, 0.1) is 0 Å². The molecule has 0 saturated heterocycles. The number of aliphatic hydroxyl groups is 1. The third-order valence-electron chi connectivity index (χ3n) is 3.76. The van der Waals surface area contributed by atoms with E-state index < -0.39 is 0 Å². The molecular formula is C18H21ClN2O2. The lowest BCUT2D eigenvalue weighted by atomic mass is 10.1. The molecule has 1 heterocycles. The molecule has 4 N–H and O–H groups in total. The van der Waals surface area contributed by atoms with Gasteiger partial charge in [0.1, 0.15) is 12.4 Å². The van der Waals surface area contributed by atoms with Crippen LogP contribution in [0.15, 0.2) is 48.7 Å². The predicted molar refractivity (Wildman–Crippen MR) is 95.0 cm³/mol. The second-order valence-electron chi connectivity index (χ2n) is 5.32. The Morgan fingerprint density at radius 3 is 2.48 bits per heavy atom. The van der Waals surface area contributed by atoms with E-state index in [1.165, 1.54) is 10.9 Å². The number of aromatic amines is 1. The van der Waals surface area contributed by atoms with Crippen molar-refractivity contribution in [3.05, 3.63) is 65.4 Å². The Labute approximate surface area is 141 Å². The van der Waals surface area contributed by atoms with Gasteiger partial charge in [-0.05, 0) is 47.9 Å². The second kappa shape index (κ2) is 8.02. The molecule has 0 unspecified atom stereocenters. The standard InChI is InChI=1S/C18H20N2O2.ClH/c19-8-7-15-10-20-18-6-5-16(9-17(15)18)22-12-14-3-1-13(11-21)2-4-14;/h1-6,9-10,20-21H,7-8,11-12,19H2;1H. The maximum absolute atomic E-state index is 9.04. The van der Waals surface area contributed by atoms with Gasteiger partial charge in [0.05, 0.1) is 6.61 Å². The van der Waals surface area contributed by atoms with Crippen molar-refractivity contribution >= 4 is 23.3 Å². The Morgan fingerprint density at radius 1 is 1.04 bits per heavy atom. The summed E-state index contributed by atoms with van der Waals surface area (Å²) in [6.45, 7) is 1.21. The van der Waals surface area contributed by atoms with Crippen LogP contribution in [0.25, 0.3) is 10.9 Å². The summed E-state index contributed by atoms with van der Waals surface area (Å²) >= 11 is 0. The van der Waals surface area contributed by atoms with E-state index in [0.717, 1.165) is 28.8 Å². The zero-order valence-electron chi connectivity index (χ0n) is 12.8. The van der Waals surface area contributed by atoms with E-state index in [2.05, 4.69) is 11.1 Å². The van der Waals surface area contributed by atoms with Crippen molar-refractivity contribution in [1.29, 1.82) is 0 Å². The van der Waals surface area contributed by atoms with Gasteiger partial charge in [-0.3, -0.25) is 0 Å². The average molecular weight is 333 g/mol. The summed E-state index contributed by atoms with van der Waals surface area (Å²) in [4.78, 5) is 3.25. The number of rotatable bonds is 6. The van der Waals surface area contributed by atoms with Gasteiger partial charge in [0.2, 0.25) is 0 Å². The summed E-state index contributed by atoms with van der Waals surface area (Å²) in [6, 6.07) is 13.8. The maximum atomic E-state index is 9.04. The number of aliphatic hydroxyl groups excluding tert-OH is 1. The summed E-state index contributed by atoms with van der Waals surface area (Å²) in [5.74, 6) is 0.844. The Balaban J connectivity index is 0.00000192. The number of nitrogens with two attached hydrogens (primary N) is 1. The summed E-state index contributed by atoms with van der Waals surface area (Å²) < 4.78 is 5.87. The molecule has 0 aliphatic rings. The normalized spacial score (nSPS) is 10.5. The van der Waals surface area contributed by atoms with E-state index in [0.29, 0.717) is 13.2 Å². The maximum Gasteiger partial charge on any atom is 0.120 e. The monoisotopic (exact) mass is 332 g/mol. The quantitative estimate of drug-likeness (QED) is 0.649. The predicted octanol–water partition coefficient (Wildman–Crippen LogP) is 3.16. The Hall–Kier alpha value is -2.01. The fourth-order valence-corrected chi connectivity index (χ4v) is 2.52. The molecule has 0 saturated carbocycles. The lowest BCUT2D eigenvalue weighted by Crippen LogP contribution is -2.01. The van der Waals surface area contributed by atoms with Gasteiger partial charge in [-0.15, -0.1) is 12.4 Å². The highest BCUT2D eigenvalue weighted by atomic mass is 35.5. The molecule has 4 nitrogen and oxygen atoms in total. The summed E-state index contributed by atoms with van der Waals surface area (Å²) in [5.41, 5.74) is 9.95. The number of fused-ring (bicyclic) bond motifs is 1. The van der Waals surface area contributed by atoms with Crippen LogP contribution in [0.4, 0.5) is 0 Å². The molecule has 3 rings (SSSR count). The van der Waals surface area contributed by atoms with Crippen molar-refractivity contribution in [2.24, 2.45) is 5.73 Å². The Kier molecular flexibility index (Phi) is 6.04. The molecule has 0 fully saturated rings. The summed E-state index contributed by atoms with van der Waals surface area (Å²) in [5, 5.41) is 10.2. The van der Waals surface area contributed by atoms with Gasteiger partial charge < -0.3 is 20.6 Å². The topological polar surface area (TPSA) is 71.3 Å². The fourth-order valence-electron chi connectivity index (χ4n) is 2.52. The van der Waals surface area contributed by atoms with Crippen molar-refractivity contribution in [1.82, 2.24) is 4.98 Å². The second-order valence-corrected chi connectivity index (χ2v) is 5.32. The van der Waals surface area contributed by atoms with Gasteiger partial charge in [-0.25, -0.2) is 0 Å². The number of benzene rings is 2. The van der Waals surface area contributed by atoms with Gasteiger partial charge in [0.25, 0.3) is 0 Å². The van der Waals surface area contributed by atoms with E-state index >= 15 is 0 Å². The number of hydrogen-bond donors (Lipinski definition) is 3. The highest BCUT2D eigenvalue weighted by Gasteiger charge is 2.05. The molecule has 0 bridgehead atoms. The Morgan fingerprint density at radius 2 is 1.78 bits per heavy atom. The first-order valence-corrected chi connectivity index (χ1v) is 7.41. The van der Waals surface area contributed by atoms with E-state index in [1.54, 1.807) is 0 Å². The summed E-state index contributed by atoms with van der Waals surface area (Å²) in [6.07, 6.45) is 2.86. The van der Waals surface area contributed by atoms with Crippen LogP contribution in [0.5, 0.6) is 5.75 Å². The third-order valence-corrected chi connectivity index (χ3v) is 3.76. The van der Waals surface area contributed by atoms with E-state index in [-0.39, 0.29) is 19.0 Å². The lowest BCUT2D eigenvalue weighted by Gasteiger charge is -2.07. The van der Waals surface area contributed by atoms with Crippen LogP contribution in [0.1, 0.15) is 16.7 Å². The minimum Gasteiger partial charge on any atom is -0.489 e. The SMILES string of the molecule is Cl.NCCc1c[nH]c2ccc(OCc3ccc(CO)cc3)cc12. The number of aromatic nitrogens is 1. The molecule has 1 aromatic heterocycles. The molecule has 0 atom stereocenters. The van der Waals surface area contributed by atoms with Crippen LogP contribution in [-0.2, 0) is 19.6 Å². The zero-order chi connectivity index (χ0) is 15.4. The average Bonchev–Trinajstić information content (AvgIpc) is 2.96. The first-order valence-electron chi connectivity index (χ1n) is 7.41. The van der Waals surface area contributed by atoms with Crippen molar-refractivity contribution < 1.29 is 9.84 Å². The van der Waals surface area contributed by atoms with Crippen molar-refractivity contribution in [3.8, 4) is 5.75 Å². The molecule has 0 radical (unpaired) electrons. The lowest BCUT2D eigenvalue weighted by molar-refractivity contribution is 0.281. The molecule has 5 heteroatoms. The van der Waals surface area contributed by atoms with Gasteiger partial charge in [-0.2, -0.15) is 0 Å². The minimum absolute atomic E-state index is 0. The molecule has 122 valence electrons. The number of halogens is 1.